The molecule has 61 heavy (non-hydrogen) atoms. The van der Waals surface area contributed by atoms with Crippen molar-refractivity contribution in [3.8, 4) is 0 Å². The molecular formula is C51H78BiN3O3Si3. The van der Waals surface area contributed by atoms with E-state index in [2.05, 4.69) is 207 Å². The van der Waals surface area contributed by atoms with E-state index in [9.17, 15) is 0 Å². The van der Waals surface area contributed by atoms with E-state index in [4.69, 9.17) is 13.3 Å². The van der Waals surface area contributed by atoms with E-state index in [-0.39, 0.29) is 34.9 Å². The monoisotopic (exact) mass is 1070 g/mol. The Morgan fingerprint density at radius 3 is 0.918 bits per heavy atom. The molecule has 3 unspecified atom stereocenters. The predicted molar refractivity (Wildman–Crippen MR) is 274 cm³/mol. The van der Waals surface area contributed by atoms with Gasteiger partial charge >= 0.3 is 385 Å². The zero-order valence-electron chi connectivity index (χ0n) is 40.4. The summed E-state index contributed by atoms with van der Waals surface area (Å²) >= 11 is -3.02. The SMILES string of the molecule is C[SiH](C)OC(CCC(C)(C)C)n1ccc2cc[c]([Bi]([c]3ccc4ccn(C(CCC(C)(C)C)O[SiH](C)C)c4c3)[c]3ccc4ccn(C(CCC(C)(C)C)O[SiH](C)C)c4c3)cc21. The number of fused-ring (bicyclic) bond motifs is 3. The molecule has 0 radical (unpaired) electrons. The van der Waals surface area contributed by atoms with Gasteiger partial charge in [-0.15, -0.1) is 0 Å². The first kappa shape index (κ1) is 48.2. The van der Waals surface area contributed by atoms with E-state index in [1.54, 1.807) is 0 Å². The van der Waals surface area contributed by atoms with Crippen LogP contribution in [0.15, 0.2) is 91.4 Å². The van der Waals surface area contributed by atoms with Gasteiger partial charge in [0, 0.05) is 0 Å². The molecule has 0 fully saturated rings. The van der Waals surface area contributed by atoms with Crippen molar-refractivity contribution in [2.24, 2.45) is 16.2 Å². The van der Waals surface area contributed by atoms with Crippen molar-refractivity contribution in [2.75, 3.05) is 0 Å². The van der Waals surface area contributed by atoms with Gasteiger partial charge in [-0.1, -0.05) is 0 Å². The first-order valence-corrected chi connectivity index (χ1v) is 36.7. The van der Waals surface area contributed by atoms with Gasteiger partial charge in [-0.3, -0.25) is 0 Å². The van der Waals surface area contributed by atoms with Crippen molar-refractivity contribution >= 4 is 91.4 Å². The number of hydrogen-bond acceptors (Lipinski definition) is 3. The molecule has 3 aromatic carbocycles. The number of hydrogen-bond donors (Lipinski definition) is 0. The zero-order chi connectivity index (χ0) is 44.4. The molecule has 0 saturated heterocycles. The Morgan fingerprint density at radius 2 is 0.689 bits per heavy atom. The average molecular weight is 1070 g/mol. The number of nitrogens with zero attached hydrogens (tertiary/aromatic N) is 3. The molecule has 3 aromatic heterocycles. The van der Waals surface area contributed by atoms with Gasteiger partial charge < -0.3 is 0 Å². The third kappa shape index (κ3) is 12.9. The predicted octanol–water partition coefficient (Wildman–Crippen LogP) is 12.0. The van der Waals surface area contributed by atoms with Crippen LogP contribution < -0.4 is 9.81 Å². The van der Waals surface area contributed by atoms with E-state index in [0.717, 1.165) is 38.5 Å². The van der Waals surface area contributed by atoms with Gasteiger partial charge in [-0.25, -0.2) is 0 Å². The molecule has 10 heteroatoms. The summed E-state index contributed by atoms with van der Waals surface area (Å²) in [6.07, 6.45) is 13.3. The molecule has 0 saturated carbocycles. The summed E-state index contributed by atoms with van der Waals surface area (Å²) in [6.45, 7) is 34.9. The summed E-state index contributed by atoms with van der Waals surface area (Å²) in [7, 11) is -3.93. The normalized spacial score (nSPS) is 14.8. The number of aromatic nitrogens is 3. The molecule has 0 aliphatic rings. The Labute approximate surface area is 382 Å². The minimum atomic E-state index is -3.02. The molecule has 0 spiro atoms. The summed E-state index contributed by atoms with van der Waals surface area (Å²) in [5.74, 6) is 0. The minimum absolute atomic E-state index is 0.0369. The molecule has 0 aliphatic carbocycles. The van der Waals surface area contributed by atoms with Crippen molar-refractivity contribution in [1.29, 1.82) is 0 Å². The van der Waals surface area contributed by atoms with Crippen molar-refractivity contribution in [1.82, 2.24) is 13.7 Å². The standard InChI is InChI=1S/3C17H26NOSi.Bi/c3*1-17(2,3)12-10-16(19-20(4)5)18-13-11-14-8-6-7-9-15(14)18;/h3*6,8-9,11,13,16,20H,10,12H2,1-5H3;. The van der Waals surface area contributed by atoms with Crippen LogP contribution in [0.25, 0.3) is 32.7 Å². The van der Waals surface area contributed by atoms with Crippen molar-refractivity contribution in [2.45, 2.75) is 159 Å². The second-order valence-corrected chi connectivity index (χ2v) is 37.7. The fourth-order valence-electron chi connectivity index (χ4n) is 8.46. The van der Waals surface area contributed by atoms with Crippen LogP contribution in [0.5, 0.6) is 0 Å². The van der Waals surface area contributed by atoms with Crippen molar-refractivity contribution < 1.29 is 13.3 Å². The Bertz CT molecular complexity index is 2100. The van der Waals surface area contributed by atoms with E-state index in [1.165, 1.54) is 42.5 Å². The molecule has 0 amide bonds. The second kappa shape index (κ2) is 19.8. The molecule has 0 bridgehead atoms. The maximum atomic E-state index is 6.85. The topological polar surface area (TPSA) is 42.5 Å². The molecule has 6 aromatic rings. The third-order valence-corrected chi connectivity index (χ3v) is 23.4. The van der Waals surface area contributed by atoms with Crippen LogP contribution in [0.3, 0.4) is 0 Å². The molecule has 6 nitrogen and oxygen atoms in total. The Hall–Kier alpha value is -2.31. The van der Waals surface area contributed by atoms with E-state index >= 15 is 0 Å². The van der Waals surface area contributed by atoms with Crippen molar-refractivity contribution in [3.63, 3.8) is 0 Å². The van der Waals surface area contributed by atoms with Crippen LogP contribution in [0.1, 0.15) is 120 Å². The molecule has 3 heterocycles. The van der Waals surface area contributed by atoms with Crippen LogP contribution in [-0.2, 0) is 13.3 Å². The Kier molecular flexibility index (Phi) is 15.7. The third-order valence-electron chi connectivity index (χ3n) is 11.5. The van der Waals surface area contributed by atoms with Crippen LogP contribution in [0.4, 0.5) is 0 Å². The average Bonchev–Trinajstić information content (AvgIpc) is 3.89. The van der Waals surface area contributed by atoms with E-state index in [1.807, 2.05) is 0 Å². The summed E-state index contributed by atoms with van der Waals surface area (Å²) in [6, 6.07) is 29.0. The molecule has 3 atom stereocenters. The van der Waals surface area contributed by atoms with Crippen LogP contribution in [0.2, 0.25) is 39.3 Å². The van der Waals surface area contributed by atoms with Crippen LogP contribution >= 0.6 is 0 Å². The van der Waals surface area contributed by atoms with Gasteiger partial charge in [0.1, 0.15) is 0 Å². The molecule has 332 valence electrons. The van der Waals surface area contributed by atoms with Crippen LogP contribution in [0, 0.1) is 16.2 Å². The quantitative estimate of drug-likeness (QED) is 0.0806. The summed E-state index contributed by atoms with van der Waals surface area (Å²) in [4.78, 5) is 0. The molecule has 0 N–H and O–H groups in total. The fraction of sp³-hybridized carbons (Fsp3) is 0.529. The molecular weight excluding hydrogens is 996 g/mol. The summed E-state index contributed by atoms with van der Waals surface area (Å²) in [5.41, 5.74) is 4.58. The molecule has 6 rings (SSSR count). The van der Waals surface area contributed by atoms with E-state index in [0.29, 0.717) is 0 Å². The first-order valence-electron chi connectivity index (χ1n) is 23.1. The zero-order valence-corrected chi connectivity index (χ0v) is 47.3. The second-order valence-electron chi connectivity index (χ2n) is 22.0. The molecule has 0 aliphatic heterocycles. The van der Waals surface area contributed by atoms with Gasteiger partial charge in [0.15, 0.2) is 0 Å². The maximum absolute atomic E-state index is 6.85. The van der Waals surface area contributed by atoms with Gasteiger partial charge in [-0.05, 0) is 0 Å². The summed E-state index contributed by atoms with van der Waals surface area (Å²) < 4.78 is 32.4. The van der Waals surface area contributed by atoms with Gasteiger partial charge in [0.25, 0.3) is 0 Å². The van der Waals surface area contributed by atoms with Gasteiger partial charge in [0.2, 0.25) is 0 Å². The fourth-order valence-corrected chi connectivity index (χ4v) is 20.2. The van der Waals surface area contributed by atoms with E-state index < -0.39 is 48.9 Å². The van der Waals surface area contributed by atoms with Crippen LogP contribution in [-0.4, -0.2) is 62.6 Å². The van der Waals surface area contributed by atoms with Gasteiger partial charge in [0.05, 0.1) is 0 Å². The van der Waals surface area contributed by atoms with Crippen molar-refractivity contribution in [3.05, 3.63) is 91.4 Å². The summed E-state index contributed by atoms with van der Waals surface area (Å²) in [5, 5.41) is 3.85. The number of rotatable bonds is 18. The first-order chi connectivity index (χ1) is 28.5. The Balaban J connectivity index is 1.54. The Morgan fingerprint density at radius 1 is 0.426 bits per heavy atom. The number of benzene rings is 3. The van der Waals surface area contributed by atoms with Gasteiger partial charge in [-0.2, -0.15) is 0 Å².